The molecule has 0 unspecified atom stereocenters. The van der Waals surface area contributed by atoms with E-state index in [1.165, 1.54) is 0 Å². The second kappa shape index (κ2) is 8.47. The Labute approximate surface area is 169 Å². The van der Waals surface area contributed by atoms with Crippen LogP contribution in [0.4, 0.5) is 11.4 Å². The topological polar surface area (TPSA) is 43.2 Å². The summed E-state index contributed by atoms with van der Waals surface area (Å²) in [6, 6.07) is 11.6. The Bertz CT molecular complexity index is 947. The van der Waals surface area contributed by atoms with E-state index in [1.54, 1.807) is 25.0 Å². The van der Waals surface area contributed by atoms with Gasteiger partial charge in [-0.15, -0.1) is 0 Å². The van der Waals surface area contributed by atoms with Gasteiger partial charge in [-0.05, 0) is 81.1 Å². The van der Waals surface area contributed by atoms with E-state index in [-0.39, 0.29) is 0 Å². The van der Waals surface area contributed by atoms with E-state index in [0.29, 0.717) is 26.2 Å². The number of fused-ring (bicyclic) bond motifs is 2. The van der Waals surface area contributed by atoms with Crippen LogP contribution in [0.3, 0.4) is 0 Å². The van der Waals surface area contributed by atoms with Crippen LogP contribution in [0.5, 0.6) is 11.5 Å². The summed E-state index contributed by atoms with van der Waals surface area (Å²) in [4.78, 5) is 8.96. The summed E-state index contributed by atoms with van der Waals surface area (Å²) < 4.78 is 12.9. The highest BCUT2D eigenvalue weighted by Gasteiger charge is 2.05. The van der Waals surface area contributed by atoms with E-state index < -0.39 is 0 Å². The van der Waals surface area contributed by atoms with Gasteiger partial charge in [-0.25, -0.2) is 0 Å². The first kappa shape index (κ1) is 18.6. The quantitative estimate of drug-likeness (QED) is 0.428. The van der Waals surface area contributed by atoms with Crippen molar-refractivity contribution in [3.05, 3.63) is 69.0 Å². The molecule has 132 valence electrons. The number of aliphatic imine (C=N–C) groups is 2. The number of aryl methyl sites for hydroxylation is 2. The number of halogens is 2. The van der Waals surface area contributed by atoms with Gasteiger partial charge < -0.3 is 9.47 Å². The van der Waals surface area contributed by atoms with Crippen LogP contribution in [0.1, 0.15) is 11.1 Å². The SMILES string of the molecule is Cc1ccc2c(c1)N=C/C(Br)=C\Oc1cc(C)ccc1N=C/C(Br)=C\O2. The largest absolute Gasteiger partial charge is 0.461 e. The maximum atomic E-state index is 5.79. The minimum atomic E-state index is 0.645. The third kappa shape index (κ3) is 4.93. The van der Waals surface area contributed by atoms with Crippen molar-refractivity contribution in [3.63, 3.8) is 0 Å². The van der Waals surface area contributed by atoms with Crippen LogP contribution < -0.4 is 9.47 Å². The standard InChI is InChI=1S/C20H16Br2N2O2/c1-13-4-6-19-18(7-13)24-10-16(22)12-26-20-8-14(2)3-5-17(20)23-9-15(21)11-25-19/h3-12H,1-2H3/b15-11+,16-12+,23-9?,24-10?. The van der Waals surface area contributed by atoms with E-state index in [0.717, 1.165) is 16.8 Å². The van der Waals surface area contributed by atoms with Crippen LogP contribution in [0, 0.1) is 13.8 Å². The average molecular weight is 476 g/mol. The molecule has 3 rings (SSSR count). The molecule has 0 aliphatic carbocycles. The van der Waals surface area contributed by atoms with Gasteiger partial charge in [0.15, 0.2) is 11.5 Å². The molecule has 0 amide bonds. The lowest BCUT2D eigenvalue weighted by atomic mass is 10.2. The molecule has 0 radical (unpaired) electrons. The van der Waals surface area contributed by atoms with Gasteiger partial charge >= 0.3 is 0 Å². The molecule has 0 fully saturated rings. The van der Waals surface area contributed by atoms with Crippen LogP contribution in [0.25, 0.3) is 0 Å². The normalized spacial score (nSPS) is 18.2. The van der Waals surface area contributed by atoms with Crippen molar-refractivity contribution < 1.29 is 9.47 Å². The average Bonchev–Trinajstić information content (AvgIpc) is 2.62. The molecule has 0 saturated heterocycles. The van der Waals surface area contributed by atoms with Gasteiger partial charge in [-0.2, -0.15) is 0 Å². The number of allylic oxidation sites excluding steroid dienone is 2. The Hall–Kier alpha value is -2.18. The lowest BCUT2D eigenvalue weighted by molar-refractivity contribution is 0.481. The fraction of sp³-hybridized carbons (Fsp3) is 0.100. The highest BCUT2D eigenvalue weighted by molar-refractivity contribution is 9.12. The summed E-state index contributed by atoms with van der Waals surface area (Å²) >= 11 is 6.90. The molecule has 0 saturated carbocycles. The predicted molar refractivity (Wildman–Crippen MR) is 114 cm³/mol. The molecule has 1 aliphatic heterocycles. The first-order valence-corrected chi connectivity index (χ1v) is 9.44. The number of benzene rings is 2. The molecule has 0 spiro atoms. The zero-order valence-corrected chi connectivity index (χ0v) is 17.4. The molecule has 2 aromatic rings. The first-order chi connectivity index (χ1) is 12.5. The maximum absolute atomic E-state index is 5.79. The monoisotopic (exact) mass is 474 g/mol. The Morgan fingerprint density at radius 2 is 1.27 bits per heavy atom. The van der Waals surface area contributed by atoms with Crippen LogP contribution in [-0.4, -0.2) is 12.4 Å². The van der Waals surface area contributed by atoms with Crippen molar-refractivity contribution in [1.29, 1.82) is 0 Å². The van der Waals surface area contributed by atoms with Crippen LogP contribution in [0.15, 0.2) is 67.9 Å². The summed E-state index contributed by atoms with van der Waals surface area (Å²) in [5.41, 5.74) is 3.61. The van der Waals surface area contributed by atoms with Gasteiger partial charge in [-0.1, -0.05) is 12.1 Å². The molecule has 0 N–H and O–H groups in total. The number of ether oxygens (including phenoxy) is 2. The fourth-order valence-electron chi connectivity index (χ4n) is 2.21. The van der Waals surface area contributed by atoms with Crippen LogP contribution >= 0.6 is 31.9 Å². The minimum Gasteiger partial charge on any atom is -0.461 e. The zero-order chi connectivity index (χ0) is 18.5. The van der Waals surface area contributed by atoms with E-state index in [1.807, 2.05) is 50.2 Å². The molecule has 0 atom stereocenters. The number of nitrogens with zero attached hydrogens (tertiary/aromatic N) is 2. The smallest absolute Gasteiger partial charge is 0.152 e. The molecule has 4 nitrogen and oxygen atoms in total. The Morgan fingerprint density at radius 1 is 0.692 bits per heavy atom. The third-order valence-electron chi connectivity index (χ3n) is 3.48. The molecule has 1 heterocycles. The van der Waals surface area contributed by atoms with Crippen molar-refractivity contribution in [2.45, 2.75) is 13.8 Å². The van der Waals surface area contributed by atoms with Gasteiger partial charge in [0.25, 0.3) is 0 Å². The Kier molecular flexibility index (Phi) is 6.06. The third-order valence-corrected chi connectivity index (χ3v) is 4.26. The summed E-state index contributed by atoms with van der Waals surface area (Å²) in [5, 5.41) is 0. The number of rotatable bonds is 0. The van der Waals surface area contributed by atoms with E-state index >= 15 is 0 Å². The Morgan fingerprint density at radius 3 is 2.00 bits per heavy atom. The first-order valence-electron chi connectivity index (χ1n) is 7.85. The molecule has 0 bridgehead atoms. The van der Waals surface area contributed by atoms with Crippen LogP contribution in [-0.2, 0) is 0 Å². The van der Waals surface area contributed by atoms with Gasteiger partial charge in [0.1, 0.15) is 23.9 Å². The minimum absolute atomic E-state index is 0.645. The fourth-order valence-corrected chi connectivity index (χ4v) is 2.60. The lowest BCUT2D eigenvalue weighted by Crippen LogP contribution is -1.90. The molecule has 6 heteroatoms. The van der Waals surface area contributed by atoms with E-state index in [2.05, 4.69) is 41.8 Å². The Balaban J connectivity index is 2.05. The lowest BCUT2D eigenvalue weighted by Gasteiger charge is -2.08. The molecule has 1 aliphatic rings. The van der Waals surface area contributed by atoms with Crippen molar-refractivity contribution in [1.82, 2.24) is 0 Å². The van der Waals surface area contributed by atoms with Gasteiger partial charge in [0, 0.05) is 12.4 Å². The summed E-state index contributed by atoms with van der Waals surface area (Å²) in [7, 11) is 0. The zero-order valence-electron chi connectivity index (χ0n) is 14.2. The van der Waals surface area contributed by atoms with Crippen molar-refractivity contribution in [3.8, 4) is 11.5 Å². The van der Waals surface area contributed by atoms with Gasteiger partial charge in [0.2, 0.25) is 0 Å². The number of hydrogen-bond donors (Lipinski definition) is 0. The van der Waals surface area contributed by atoms with Crippen molar-refractivity contribution in [2.24, 2.45) is 9.98 Å². The summed E-state index contributed by atoms with van der Waals surface area (Å²) in [6.45, 7) is 4.01. The molecule has 2 aromatic carbocycles. The second-order valence-corrected chi connectivity index (χ2v) is 7.53. The maximum Gasteiger partial charge on any atom is 0.152 e. The molecular formula is C20H16Br2N2O2. The molecule has 0 aromatic heterocycles. The highest BCUT2D eigenvalue weighted by Crippen LogP contribution is 2.31. The molecular weight excluding hydrogens is 460 g/mol. The van der Waals surface area contributed by atoms with Crippen LogP contribution in [0.2, 0.25) is 0 Å². The summed E-state index contributed by atoms with van der Waals surface area (Å²) in [5.74, 6) is 1.30. The molecule has 26 heavy (non-hydrogen) atoms. The van der Waals surface area contributed by atoms with Gasteiger partial charge in [0.05, 0.1) is 8.96 Å². The second-order valence-electron chi connectivity index (χ2n) is 5.70. The summed E-state index contributed by atoms with van der Waals surface area (Å²) in [6.07, 6.45) is 6.51. The van der Waals surface area contributed by atoms with Crippen molar-refractivity contribution >= 4 is 55.7 Å². The number of hydrogen-bond acceptors (Lipinski definition) is 4. The van der Waals surface area contributed by atoms with Gasteiger partial charge in [-0.3, -0.25) is 9.98 Å². The van der Waals surface area contributed by atoms with E-state index in [4.69, 9.17) is 9.47 Å². The highest BCUT2D eigenvalue weighted by atomic mass is 79.9. The van der Waals surface area contributed by atoms with E-state index in [9.17, 15) is 0 Å². The predicted octanol–water partition coefficient (Wildman–Crippen LogP) is 6.65. The van der Waals surface area contributed by atoms with Crippen molar-refractivity contribution in [2.75, 3.05) is 0 Å².